The van der Waals surface area contributed by atoms with Crippen molar-refractivity contribution in [3.05, 3.63) is 24.3 Å². The van der Waals surface area contributed by atoms with E-state index < -0.39 is 10.0 Å². The lowest BCUT2D eigenvalue weighted by Crippen LogP contribution is -2.35. The number of rotatable bonds is 6. The molecule has 2 aliphatic rings. The molecule has 1 saturated carbocycles. The molecule has 6 nitrogen and oxygen atoms in total. The van der Waals surface area contributed by atoms with E-state index in [1.54, 1.807) is 12.1 Å². The van der Waals surface area contributed by atoms with E-state index in [1.165, 1.54) is 16.4 Å². The molecule has 1 saturated heterocycles. The summed E-state index contributed by atoms with van der Waals surface area (Å²) in [5.74, 6) is 0.353. The molecule has 0 bridgehead atoms. The number of nitrogens with one attached hydrogen (secondary N) is 1. The highest BCUT2D eigenvalue weighted by Crippen LogP contribution is 2.23. The minimum absolute atomic E-state index is 0.0469. The Labute approximate surface area is 136 Å². The van der Waals surface area contributed by atoms with Gasteiger partial charge in [0.1, 0.15) is 5.75 Å². The minimum atomic E-state index is -3.42. The summed E-state index contributed by atoms with van der Waals surface area (Å²) < 4.78 is 32.0. The fraction of sp³-hybridized carbons (Fsp3) is 0.562. The van der Waals surface area contributed by atoms with Crippen LogP contribution in [0.3, 0.4) is 0 Å². The minimum Gasteiger partial charge on any atom is -0.484 e. The monoisotopic (exact) mass is 338 g/mol. The van der Waals surface area contributed by atoms with Crippen molar-refractivity contribution in [1.29, 1.82) is 0 Å². The summed E-state index contributed by atoms with van der Waals surface area (Å²) in [7, 11) is -3.42. The topological polar surface area (TPSA) is 75.7 Å². The van der Waals surface area contributed by atoms with E-state index in [4.69, 9.17) is 4.74 Å². The molecule has 3 rings (SSSR count). The van der Waals surface area contributed by atoms with Crippen LogP contribution in [0.1, 0.15) is 32.1 Å². The van der Waals surface area contributed by atoms with Gasteiger partial charge in [0.2, 0.25) is 10.0 Å². The second-order valence-corrected chi connectivity index (χ2v) is 8.00. The van der Waals surface area contributed by atoms with Crippen molar-refractivity contribution in [1.82, 2.24) is 9.62 Å². The summed E-state index contributed by atoms with van der Waals surface area (Å²) in [5.41, 5.74) is 0. The zero-order valence-electron chi connectivity index (χ0n) is 13.0. The Morgan fingerprint density at radius 2 is 1.78 bits per heavy atom. The van der Waals surface area contributed by atoms with Crippen molar-refractivity contribution in [2.45, 2.75) is 43.0 Å². The zero-order chi connectivity index (χ0) is 16.3. The van der Waals surface area contributed by atoms with E-state index in [0.717, 1.165) is 32.1 Å². The Balaban J connectivity index is 1.58. The van der Waals surface area contributed by atoms with Crippen LogP contribution in [-0.2, 0) is 14.8 Å². The molecule has 1 amide bonds. The number of piperidine rings is 1. The molecule has 7 heteroatoms. The summed E-state index contributed by atoms with van der Waals surface area (Å²) in [6, 6.07) is 6.58. The largest absolute Gasteiger partial charge is 0.484 e. The Hall–Kier alpha value is -1.60. The maximum atomic E-state index is 12.5. The van der Waals surface area contributed by atoms with Gasteiger partial charge in [-0.1, -0.05) is 6.42 Å². The molecule has 1 aliphatic heterocycles. The summed E-state index contributed by atoms with van der Waals surface area (Å²) in [5, 5.41) is 2.84. The van der Waals surface area contributed by atoms with E-state index in [-0.39, 0.29) is 17.4 Å². The molecular weight excluding hydrogens is 316 g/mol. The zero-order valence-corrected chi connectivity index (χ0v) is 13.8. The Kier molecular flexibility index (Phi) is 4.87. The molecule has 1 aromatic carbocycles. The van der Waals surface area contributed by atoms with Gasteiger partial charge < -0.3 is 10.1 Å². The standard InChI is InChI=1S/C16H22N2O4S/c19-16(17-13-4-5-13)12-22-14-6-8-15(9-7-14)23(20,21)18-10-2-1-3-11-18/h6-9,13H,1-5,10-12H2,(H,17,19). The summed E-state index contributed by atoms with van der Waals surface area (Å²) in [6.07, 6.45) is 4.98. The first-order valence-corrected chi connectivity index (χ1v) is 9.52. The number of sulfonamides is 1. The third-order valence-electron chi connectivity index (χ3n) is 4.09. The third kappa shape index (κ3) is 4.23. The Bertz CT molecular complexity index is 647. The first-order chi connectivity index (χ1) is 11.1. The Morgan fingerprint density at radius 1 is 1.13 bits per heavy atom. The summed E-state index contributed by atoms with van der Waals surface area (Å²) in [4.78, 5) is 11.8. The normalized spacial score (nSPS) is 19.3. The van der Waals surface area contributed by atoms with Gasteiger partial charge in [-0.15, -0.1) is 0 Å². The predicted octanol–water partition coefficient (Wildman–Crippen LogP) is 1.52. The molecule has 1 heterocycles. The number of hydrogen-bond acceptors (Lipinski definition) is 4. The molecule has 0 atom stereocenters. The number of amides is 1. The van der Waals surface area contributed by atoms with Crippen molar-refractivity contribution >= 4 is 15.9 Å². The molecule has 1 N–H and O–H groups in total. The fourth-order valence-electron chi connectivity index (χ4n) is 2.61. The first kappa shape index (κ1) is 16.3. The van der Waals surface area contributed by atoms with Gasteiger partial charge >= 0.3 is 0 Å². The molecule has 0 spiro atoms. The maximum Gasteiger partial charge on any atom is 0.258 e. The maximum absolute atomic E-state index is 12.5. The van der Waals surface area contributed by atoms with Gasteiger partial charge in [-0.3, -0.25) is 4.79 Å². The SMILES string of the molecule is O=C(COc1ccc(S(=O)(=O)N2CCCCC2)cc1)NC1CC1. The average Bonchev–Trinajstić information content (AvgIpc) is 3.38. The van der Waals surface area contributed by atoms with E-state index in [9.17, 15) is 13.2 Å². The second-order valence-electron chi connectivity index (χ2n) is 6.07. The van der Waals surface area contributed by atoms with Gasteiger partial charge in [0, 0.05) is 19.1 Å². The molecule has 0 unspecified atom stereocenters. The number of nitrogens with zero attached hydrogens (tertiary/aromatic N) is 1. The molecule has 1 aromatic rings. The van der Waals surface area contributed by atoms with Gasteiger partial charge in [0.15, 0.2) is 6.61 Å². The van der Waals surface area contributed by atoms with Crippen molar-refractivity contribution in [3.63, 3.8) is 0 Å². The third-order valence-corrected chi connectivity index (χ3v) is 6.00. The van der Waals surface area contributed by atoms with Crippen LogP contribution in [0.25, 0.3) is 0 Å². The highest BCUT2D eigenvalue weighted by Gasteiger charge is 2.26. The van der Waals surface area contributed by atoms with Gasteiger partial charge in [-0.05, 0) is 49.9 Å². The van der Waals surface area contributed by atoms with E-state index in [1.807, 2.05) is 0 Å². The second kappa shape index (κ2) is 6.88. The van der Waals surface area contributed by atoms with E-state index in [0.29, 0.717) is 24.9 Å². The van der Waals surface area contributed by atoms with E-state index in [2.05, 4.69) is 5.32 Å². The van der Waals surface area contributed by atoms with Gasteiger partial charge in [-0.2, -0.15) is 4.31 Å². The van der Waals surface area contributed by atoms with Crippen LogP contribution in [0, 0.1) is 0 Å². The number of carbonyl (C=O) groups excluding carboxylic acids is 1. The van der Waals surface area contributed by atoms with Gasteiger partial charge in [0.25, 0.3) is 5.91 Å². The van der Waals surface area contributed by atoms with Crippen molar-refractivity contribution in [2.24, 2.45) is 0 Å². The molecule has 126 valence electrons. The van der Waals surface area contributed by atoms with Crippen LogP contribution in [0.4, 0.5) is 0 Å². The molecule has 0 radical (unpaired) electrons. The fourth-order valence-corrected chi connectivity index (χ4v) is 4.13. The number of carbonyl (C=O) groups is 1. The highest BCUT2D eigenvalue weighted by molar-refractivity contribution is 7.89. The summed E-state index contributed by atoms with van der Waals surface area (Å²) in [6.45, 7) is 1.12. The molecule has 0 aromatic heterocycles. The lowest BCUT2D eigenvalue weighted by atomic mass is 10.2. The van der Waals surface area contributed by atoms with Crippen LogP contribution in [-0.4, -0.2) is 44.4 Å². The van der Waals surface area contributed by atoms with Crippen LogP contribution >= 0.6 is 0 Å². The smallest absolute Gasteiger partial charge is 0.258 e. The first-order valence-electron chi connectivity index (χ1n) is 8.08. The van der Waals surface area contributed by atoms with Crippen LogP contribution in [0.2, 0.25) is 0 Å². The molecule has 23 heavy (non-hydrogen) atoms. The average molecular weight is 338 g/mol. The van der Waals surface area contributed by atoms with Crippen molar-refractivity contribution < 1.29 is 17.9 Å². The van der Waals surface area contributed by atoms with Crippen LogP contribution in [0.15, 0.2) is 29.2 Å². The van der Waals surface area contributed by atoms with E-state index >= 15 is 0 Å². The van der Waals surface area contributed by atoms with Crippen molar-refractivity contribution in [3.8, 4) is 5.75 Å². The lowest BCUT2D eigenvalue weighted by molar-refractivity contribution is -0.123. The quantitative estimate of drug-likeness (QED) is 0.853. The summed E-state index contributed by atoms with van der Waals surface area (Å²) >= 11 is 0. The van der Waals surface area contributed by atoms with Gasteiger partial charge in [0.05, 0.1) is 4.90 Å². The lowest BCUT2D eigenvalue weighted by Gasteiger charge is -2.25. The highest BCUT2D eigenvalue weighted by atomic mass is 32.2. The van der Waals surface area contributed by atoms with Gasteiger partial charge in [-0.25, -0.2) is 8.42 Å². The molecular formula is C16H22N2O4S. The van der Waals surface area contributed by atoms with Crippen LogP contribution in [0.5, 0.6) is 5.75 Å². The van der Waals surface area contributed by atoms with Crippen molar-refractivity contribution in [2.75, 3.05) is 19.7 Å². The molecule has 1 aliphatic carbocycles. The number of benzene rings is 1. The van der Waals surface area contributed by atoms with Crippen LogP contribution < -0.4 is 10.1 Å². The number of ether oxygens (including phenoxy) is 1. The molecule has 2 fully saturated rings. The predicted molar refractivity (Wildman–Crippen MR) is 85.7 cm³/mol. The Morgan fingerprint density at radius 3 is 2.39 bits per heavy atom. The number of hydrogen-bond donors (Lipinski definition) is 1.